The molecule has 1 unspecified atom stereocenters. The normalized spacial score (nSPS) is 12.2. The minimum absolute atomic E-state index is 0.0584. The van der Waals surface area contributed by atoms with E-state index < -0.39 is 5.97 Å². The highest BCUT2D eigenvalue weighted by molar-refractivity contribution is 6.30. The number of aryl methyl sites for hydroxylation is 2. The zero-order valence-corrected chi connectivity index (χ0v) is 12.3. The van der Waals surface area contributed by atoms with E-state index in [2.05, 4.69) is 6.07 Å². The molecule has 1 N–H and O–H groups in total. The van der Waals surface area contributed by atoms with Crippen molar-refractivity contribution < 1.29 is 9.90 Å². The Morgan fingerprint density at radius 1 is 1.10 bits per heavy atom. The molecule has 0 bridgehead atoms. The van der Waals surface area contributed by atoms with Gasteiger partial charge in [-0.2, -0.15) is 0 Å². The predicted octanol–water partition coefficient (Wildman–Crippen LogP) is 4.56. The predicted molar refractivity (Wildman–Crippen MR) is 81.5 cm³/mol. The molecule has 0 saturated carbocycles. The monoisotopic (exact) mass is 288 g/mol. The van der Waals surface area contributed by atoms with Crippen LogP contribution in [0.2, 0.25) is 5.02 Å². The van der Waals surface area contributed by atoms with E-state index in [1.54, 1.807) is 6.07 Å². The SMILES string of the molecule is Cc1ccc(C(CC(=O)O)c2cccc(Cl)c2)cc1C. The molecule has 3 heteroatoms. The summed E-state index contributed by atoms with van der Waals surface area (Å²) in [5.74, 6) is -0.987. The molecule has 1 atom stereocenters. The van der Waals surface area contributed by atoms with E-state index in [1.807, 2.05) is 44.2 Å². The van der Waals surface area contributed by atoms with Gasteiger partial charge in [0.25, 0.3) is 0 Å². The van der Waals surface area contributed by atoms with Crippen LogP contribution in [0, 0.1) is 13.8 Å². The molecule has 0 spiro atoms. The van der Waals surface area contributed by atoms with Crippen LogP contribution in [0.15, 0.2) is 42.5 Å². The molecule has 0 aromatic heterocycles. The largest absolute Gasteiger partial charge is 0.481 e. The van der Waals surface area contributed by atoms with Gasteiger partial charge in [-0.15, -0.1) is 0 Å². The number of hydrogen-bond acceptors (Lipinski definition) is 1. The zero-order chi connectivity index (χ0) is 14.7. The summed E-state index contributed by atoms with van der Waals surface area (Å²) in [6.07, 6.45) is 0.0584. The molecule has 0 aliphatic rings. The number of hydrogen-bond donors (Lipinski definition) is 1. The number of carbonyl (C=O) groups is 1. The Morgan fingerprint density at radius 2 is 1.80 bits per heavy atom. The third kappa shape index (κ3) is 3.40. The fraction of sp³-hybridized carbons (Fsp3) is 0.235. The smallest absolute Gasteiger partial charge is 0.304 e. The Bertz CT molecular complexity index is 635. The first-order chi connectivity index (χ1) is 9.47. The van der Waals surface area contributed by atoms with Gasteiger partial charge in [-0.05, 0) is 48.2 Å². The lowest BCUT2D eigenvalue weighted by Crippen LogP contribution is -2.08. The van der Waals surface area contributed by atoms with Crippen molar-refractivity contribution in [2.45, 2.75) is 26.2 Å². The zero-order valence-electron chi connectivity index (χ0n) is 11.6. The van der Waals surface area contributed by atoms with E-state index in [9.17, 15) is 4.79 Å². The van der Waals surface area contributed by atoms with Gasteiger partial charge in [0, 0.05) is 10.9 Å². The summed E-state index contributed by atoms with van der Waals surface area (Å²) >= 11 is 6.02. The molecule has 0 amide bonds. The van der Waals surface area contributed by atoms with Crippen LogP contribution in [0.1, 0.15) is 34.6 Å². The Labute approximate surface area is 124 Å². The number of halogens is 1. The number of benzene rings is 2. The molecule has 0 aliphatic heterocycles. The summed E-state index contributed by atoms with van der Waals surface area (Å²) < 4.78 is 0. The lowest BCUT2D eigenvalue weighted by atomic mass is 9.87. The van der Waals surface area contributed by atoms with Crippen LogP contribution >= 0.6 is 11.6 Å². The summed E-state index contributed by atoms with van der Waals surface area (Å²) in [5.41, 5.74) is 4.31. The maximum absolute atomic E-state index is 11.2. The summed E-state index contributed by atoms with van der Waals surface area (Å²) in [6, 6.07) is 13.5. The summed E-state index contributed by atoms with van der Waals surface area (Å²) in [6.45, 7) is 4.08. The molecule has 0 radical (unpaired) electrons. The number of rotatable bonds is 4. The van der Waals surface area contributed by atoms with Crippen molar-refractivity contribution in [2.24, 2.45) is 0 Å². The van der Waals surface area contributed by atoms with Crippen LogP contribution in [0.5, 0.6) is 0 Å². The topological polar surface area (TPSA) is 37.3 Å². The van der Waals surface area contributed by atoms with Gasteiger partial charge in [0.2, 0.25) is 0 Å². The molecular weight excluding hydrogens is 272 g/mol. The Balaban J connectivity index is 2.46. The van der Waals surface area contributed by atoms with Crippen molar-refractivity contribution in [1.82, 2.24) is 0 Å². The minimum Gasteiger partial charge on any atom is -0.481 e. The van der Waals surface area contributed by atoms with E-state index in [4.69, 9.17) is 16.7 Å². The first kappa shape index (κ1) is 14.6. The Hall–Kier alpha value is -1.80. The average Bonchev–Trinajstić information content (AvgIpc) is 2.39. The lowest BCUT2D eigenvalue weighted by Gasteiger charge is -2.17. The molecule has 0 aliphatic carbocycles. The molecule has 2 rings (SSSR count). The highest BCUT2D eigenvalue weighted by atomic mass is 35.5. The second-order valence-corrected chi connectivity index (χ2v) is 5.49. The van der Waals surface area contributed by atoms with Gasteiger partial charge < -0.3 is 5.11 Å². The molecule has 0 saturated heterocycles. The van der Waals surface area contributed by atoms with Gasteiger partial charge in [-0.25, -0.2) is 0 Å². The van der Waals surface area contributed by atoms with E-state index in [1.165, 1.54) is 11.1 Å². The molecule has 0 fully saturated rings. The summed E-state index contributed by atoms with van der Waals surface area (Å²) in [4.78, 5) is 11.2. The standard InChI is InChI=1S/C17H17ClO2/c1-11-6-7-14(8-12(11)2)16(10-17(19)20)13-4-3-5-15(18)9-13/h3-9,16H,10H2,1-2H3,(H,19,20). The van der Waals surface area contributed by atoms with Crippen LogP contribution in [0.4, 0.5) is 0 Å². The Kier molecular flexibility index (Phi) is 4.46. The van der Waals surface area contributed by atoms with E-state index in [0.717, 1.165) is 11.1 Å². The lowest BCUT2D eigenvalue weighted by molar-refractivity contribution is -0.137. The van der Waals surface area contributed by atoms with E-state index in [0.29, 0.717) is 5.02 Å². The molecule has 104 valence electrons. The van der Waals surface area contributed by atoms with Gasteiger partial charge in [0.05, 0.1) is 6.42 Å². The van der Waals surface area contributed by atoms with Crippen LogP contribution in [0.3, 0.4) is 0 Å². The second-order valence-electron chi connectivity index (χ2n) is 5.05. The van der Waals surface area contributed by atoms with Gasteiger partial charge in [0.15, 0.2) is 0 Å². The van der Waals surface area contributed by atoms with Crippen molar-refractivity contribution in [3.8, 4) is 0 Å². The Morgan fingerprint density at radius 3 is 2.40 bits per heavy atom. The summed E-state index contributed by atoms with van der Waals surface area (Å²) in [5, 5.41) is 9.79. The third-order valence-electron chi connectivity index (χ3n) is 3.56. The molecular formula is C17H17ClO2. The second kappa shape index (κ2) is 6.10. The van der Waals surface area contributed by atoms with Crippen molar-refractivity contribution in [2.75, 3.05) is 0 Å². The molecule has 0 heterocycles. The fourth-order valence-electron chi connectivity index (χ4n) is 2.31. The number of carboxylic acid groups (broad SMARTS) is 1. The first-order valence-corrected chi connectivity index (χ1v) is 6.89. The molecule has 2 aromatic carbocycles. The number of carboxylic acids is 1. The third-order valence-corrected chi connectivity index (χ3v) is 3.80. The maximum Gasteiger partial charge on any atom is 0.304 e. The van der Waals surface area contributed by atoms with Crippen LogP contribution in [-0.4, -0.2) is 11.1 Å². The maximum atomic E-state index is 11.2. The molecule has 20 heavy (non-hydrogen) atoms. The van der Waals surface area contributed by atoms with Gasteiger partial charge in [0.1, 0.15) is 0 Å². The molecule has 2 aromatic rings. The first-order valence-electron chi connectivity index (χ1n) is 6.52. The van der Waals surface area contributed by atoms with E-state index in [-0.39, 0.29) is 12.3 Å². The highest BCUT2D eigenvalue weighted by Gasteiger charge is 2.18. The molecule has 2 nitrogen and oxygen atoms in total. The van der Waals surface area contributed by atoms with Gasteiger partial charge in [-0.1, -0.05) is 41.9 Å². The average molecular weight is 289 g/mol. The van der Waals surface area contributed by atoms with Gasteiger partial charge >= 0.3 is 5.97 Å². The van der Waals surface area contributed by atoms with Crippen molar-refractivity contribution >= 4 is 17.6 Å². The van der Waals surface area contributed by atoms with Crippen LogP contribution in [-0.2, 0) is 4.79 Å². The highest BCUT2D eigenvalue weighted by Crippen LogP contribution is 2.30. The van der Waals surface area contributed by atoms with E-state index >= 15 is 0 Å². The van der Waals surface area contributed by atoms with Crippen molar-refractivity contribution in [1.29, 1.82) is 0 Å². The number of aliphatic carboxylic acids is 1. The van der Waals surface area contributed by atoms with Crippen LogP contribution in [0.25, 0.3) is 0 Å². The van der Waals surface area contributed by atoms with Gasteiger partial charge in [-0.3, -0.25) is 4.79 Å². The minimum atomic E-state index is -0.812. The van der Waals surface area contributed by atoms with Crippen molar-refractivity contribution in [3.63, 3.8) is 0 Å². The summed E-state index contributed by atoms with van der Waals surface area (Å²) in [7, 11) is 0. The van der Waals surface area contributed by atoms with Crippen LogP contribution < -0.4 is 0 Å². The fourth-order valence-corrected chi connectivity index (χ4v) is 2.51. The van der Waals surface area contributed by atoms with Crippen molar-refractivity contribution in [3.05, 3.63) is 69.7 Å². The quantitative estimate of drug-likeness (QED) is 0.895.